The van der Waals surface area contributed by atoms with E-state index < -0.39 is 5.97 Å². The lowest BCUT2D eigenvalue weighted by atomic mass is 10.1. The Balaban J connectivity index is 1.45. The van der Waals surface area contributed by atoms with Gasteiger partial charge in [0.25, 0.3) is 5.91 Å². The van der Waals surface area contributed by atoms with E-state index in [1.54, 1.807) is 18.2 Å². The van der Waals surface area contributed by atoms with Crippen molar-refractivity contribution in [2.75, 3.05) is 5.75 Å². The topological polar surface area (TPSA) is 105 Å². The first-order valence-corrected chi connectivity index (χ1v) is 11.7. The van der Waals surface area contributed by atoms with Gasteiger partial charge in [-0.25, -0.2) is 10.2 Å². The molecule has 11 heteroatoms. The van der Waals surface area contributed by atoms with Gasteiger partial charge in [-0.2, -0.15) is 5.10 Å². The van der Waals surface area contributed by atoms with Gasteiger partial charge in [0.05, 0.1) is 17.5 Å². The first-order chi connectivity index (χ1) is 14.5. The molecule has 2 N–H and O–H groups in total. The highest BCUT2D eigenvalue weighted by molar-refractivity contribution is 8.03. The van der Waals surface area contributed by atoms with E-state index in [4.69, 9.17) is 16.7 Å². The third kappa shape index (κ3) is 6.56. The fraction of sp³-hybridized carbons (Fsp3) is 0.105. The highest BCUT2D eigenvalue weighted by Gasteiger charge is 2.10. The number of rotatable bonds is 9. The molecule has 0 fully saturated rings. The summed E-state index contributed by atoms with van der Waals surface area (Å²) in [5, 5.41) is 21.9. The van der Waals surface area contributed by atoms with E-state index in [-0.39, 0.29) is 17.2 Å². The molecule has 0 saturated carbocycles. The molecule has 154 valence electrons. The molecule has 3 rings (SSSR count). The summed E-state index contributed by atoms with van der Waals surface area (Å²) in [7, 11) is 0. The molecular weight excluding hydrogens is 464 g/mol. The first kappa shape index (κ1) is 22.3. The van der Waals surface area contributed by atoms with Crippen molar-refractivity contribution >= 4 is 64.6 Å². The van der Waals surface area contributed by atoms with Gasteiger partial charge in [0.1, 0.15) is 0 Å². The van der Waals surface area contributed by atoms with Crippen LogP contribution in [0.1, 0.15) is 21.5 Å². The number of hydrazone groups is 1. The Hall–Kier alpha value is -2.40. The zero-order valence-corrected chi connectivity index (χ0v) is 18.5. The second-order valence-electron chi connectivity index (χ2n) is 5.69. The number of amides is 1. The Labute approximate surface area is 190 Å². The number of aromatic nitrogens is 2. The summed E-state index contributed by atoms with van der Waals surface area (Å²) in [5.41, 5.74) is 3.92. The number of aromatic carboxylic acids is 1. The number of carboxylic acids is 1. The van der Waals surface area contributed by atoms with Crippen LogP contribution >= 0.6 is 46.5 Å². The standard InChI is InChI=1S/C19H15ClN4O3S3/c20-15-8-4-2-6-13(15)10-28-18-23-24-19(30-18)29-11-16(25)22-21-9-12-5-1-3-7-14(12)17(26)27/h1-9H,10-11H2,(H,22,25)(H,26,27)/b21-9+. The molecule has 0 radical (unpaired) electrons. The molecule has 1 aromatic heterocycles. The van der Waals surface area contributed by atoms with Crippen molar-refractivity contribution in [3.05, 3.63) is 70.2 Å². The van der Waals surface area contributed by atoms with E-state index in [0.29, 0.717) is 20.7 Å². The molecule has 3 aromatic rings. The van der Waals surface area contributed by atoms with Crippen molar-refractivity contribution in [1.82, 2.24) is 15.6 Å². The molecule has 0 spiro atoms. The van der Waals surface area contributed by atoms with Crippen molar-refractivity contribution in [1.29, 1.82) is 0 Å². The van der Waals surface area contributed by atoms with Crippen LogP contribution < -0.4 is 5.43 Å². The molecule has 2 aromatic carbocycles. The van der Waals surface area contributed by atoms with E-state index in [0.717, 1.165) is 9.90 Å². The molecule has 0 saturated heterocycles. The second kappa shape index (κ2) is 11.1. The number of nitrogens with zero attached hydrogens (tertiary/aromatic N) is 3. The molecule has 7 nitrogen and oxygen atoms in total. The van der Waals surface area contributed by atoms with Crippen molar-refractivity contribution in [2.24, 2.45) is 5.10 Å². The SMILES string of the molecule is O=C(CSc1nnc(SCc2ccccc2Cl)s1)N/N=C/c1ccccc1C(=O)O. The van der Waals surface area contributed by atoms with E-state index >= 15 is 0 Å². The van der Waals surface area contributed by atoms with E-state index in [9.17, 15) is 9.59 Å². The van der Waals surface area contributed by atoms with Crippen LogP contribution in [0, 0.1) is 0 Å². The van der Waals surface area contributed by atoms with Gasteiger partial charge in [0, 0.05) is 16.3 Å². The first-order valence-electron chi connectivity index (χ1n) is 8.49. The van der Waals surface area contributed by atoms with Crippen molar-refractivity contribution in [3.63, 3.8) is 0 Å². The monoisotopic (exact) mass is 478 g/mol. The minimum Gasteiger partial charge on any atom is -0.478 e. The summed E-state index contributed by atoms with van der Waals surface area (Å²) in [4.78, 5) is 23.1. The van der Waals surface area contributed by atoms with Gasteiger partial charge in [-0.1, -0.05) is 82.9 Å². The van der Waals surface area contributed by atoms with Crippen molar-refractivity contribution in [3.8, 4) is 0 Å². The second-order valence-corrected chi connectivity index (χ2v) is 9.52. The number of hydrogen-bond donors (Lipinski definition) is 2. The maximum atomic E-state index is 12.0. The lowest BCUT2D eigenvalue weighted by Crippen LogP contribution is -2.19. The van der Waals surface area contributed by atoms with Crippen LogP contribution in [-0.4, -0.2) is 39.1 Å². The molecule has 0 atom stereocenters. The predicted octanol–water partition coefficient (Wildman–Crippen LogP) is 4.42. The average molecular weight is 479 g/mol. The largest absolute Gasteiger partial charge is 0.478 e. The maximum absolute atomic E-state index is 12.0. The quantitative estimate of drug-likeness (QED) is 0.266. The van der Waals surface area contributed by atoms with Gasteiger partial charge >= 0.3 is 5.97 Å². The highest BCUT2D eigenvalue weighted by Crippen LogP contribution is 2.32. The summed E-state index contributed by atoms with van der Waals surface area (Å²) in [6.45, 7) is 0. The maximum Gasteiger partial charge on any atom is 0.336 e. The molecule has 1 amide bonds. The lowest BCUT2D eigenvalue weighted by Gasteiger charge is -2.01. The molecule has 0 bridgehead atoms. The number of hydrogen-bond acceptors (Lipinski definition) is 8. The summed E-state index contributed by atoms with van der Waals surface area (Å²) in [6, 6.07) is 14.0. The van der Waals surface area contributed by atoms with Gasteiger partial charge in [0.15, 0.2) is 8.68 Å². The predicted molar refractivity (Wildman–Crippen MR) is 121 cm³/mol. The minimum absolute atomic E-state index is 0.112. The molecule has 1 heterocycles. The number of benzene rings is 2. The normalized spacial score (nSPS) is 11.0. The third-order valence-corrected chi connectivity index (χ3v) is 7.22. The van der Waals surface area contributed by atoms with Crippen LogP contribution in [0.25, 0.3) is 0 Å². The van der Waals surface area contributed by atoms with Crippen LogP contribution in [-0.2, 0) is 10.5 Å². The van der Waals surface area contributed by atoms with Crippen LogP contribution in [0.5, 0.6) is 0 Å². The molecule has 30 heavy (non-hydrogen) atoms. The lowest BCUT2D eigenvalue weighted by molar-refractivity contribution is -0.118. The summed E-state index contributed by atoms with van der Waals surface area (Å²) in [6.07, 6.45) is 1.31. The smallest absolute Gasteiger partial charge is 0.336 e. The zero-order valence-electron chi connectivity index (χ0n) is 15.3. The highest BCUT2D eigenvalue weighted by atomic mass is 35.5. The van der Waals surface area contributed by atoms with E-state index in [2.05, 4.69) is 20.7 Å². The van der Waals surface area contributed by atoms with Crippen LogP contribution in [0.3, 0.4) is 0 Å². The molecule has 0 aliphatic carbocycles. The number of thioether (sulfide) groups is 2. The Morgan fingerprint density at radius 2 is 1.80 bits per heavy atom. The third-order valence-electron chi connectivity index (χ3n) is 3.61. The number of halogens is 1. The van der Waals surface area contributed by atoms with Gasteiger partial charge in [-0.3, -0.25) is 4.79 Å². The summed E-state index contributed by atoms with van der Waals surface area (Å²) >= 11 is 10.3. The molecular formula is C19H15ClN4O3S3. The number of nitrogens with one attached hydrogen (secondary N) is 1. The van der Waals surface area contributed by atoms with Crippen LogP contribution in [0.4, 0.5) is 0 Å². The average Bonchev–Trinajstić information content (AvgIpc) is 3.20. The number of carbonyl (C=O) groups excluding carboxylic acids is 1. The summed E-state index contributed by atoms with van der Waals surface area (Å²) < 4.78 is 1.47. The van der Waals surface area contributed by atoms with Crippen LogP contribution in [0.2, 0.25) is 5.02 Å². The minimum atomic E-state index is -1.06. The number of carbonyl (C=O) groups is 2. The van der Waals surface area contributed by atoms with Gasteiger partial charge < -0.3 is 5.11 Å². The zero-order chi connectivity index (χ0) is 21.3. The van der Waals surface area contributed by atoms with E-state index in [1.807, 2.05) is 24.3 Å². The Morgan fingerprint density at radius 3 is 2.57 bits per heavy atom. The van der Waals surface area contributed by atoms with Crippen molar-refractivity contribution in [2.45, 2.75) is 14.4 Å². The van der Waals surface area contributed by atoms with Gasteiger partial charge in [-0.05, 0) is 17.7 Å². The van der Waals surface area contributed by atoms with E-state index in [1.165, 1.54) is 47.1 Å². The summed E-state index contributed by atoms with van der Waals surface area (Å²) in [5.74, 6) is -0.587. The molecule has 0 aliphatic rings. The Morgan fingerprint density at radius 1 is 1.10 bits per heavy atom. The van der Waals surface area contributed by atoms with Gasteiger partial charge in [0.2, 0.25) is 0 Å². The Kier molecular flexibility index (Phi) is 8.26. The fourth-order valence-electron chi connectivity index (χ4n) is 2.21. The van der Waals surface area contributed by atoms with Crippen molar-refractivity contribution < 1.29 is 14.7 Å². The molecule has 0 aliphatic heterocycles. The Bertz CT molecular complexity index is 1070. The van der Waals surface area contributed by atoms with Crippen LogP contribution in [0.15, 0.2) is 62.3 Å². The molecule has 0 unspecified atom stereocenters. The fourth-order valence-corrected chi connectivity index (χ4v) is 5.30. The van der Waals surface area contributed by atoms with Gasteiger partial charge in [-0.15, -0.1) is 10.2 Å². The number of carboxylic acid groups (broad SMARTS) is 1.